The zero-order valence-electron chi connectivity index (χ0n) is 15.0. The fourth-order valence-electron chi connectivity index (χ4n) is 2.86. The van der Waals surface area contributed by atoms with Gasteiger partial charge in [-0.05, 0) is 49.6 Å². The van der Waals surface area contributed by atoms with Gasteiger partial charge in [0.25, 0.3) is 0 Å². The summed E-state index contributed by atoms with van der Waals surface area (Å²) in [5.41, 5.74) is 4.94. The molecule has 1 heterocycles. The second kappa shape index (κ2) is 7.66. The van der Waals surface area contributed by atoms with E-state index in [9.17, 15) is 4.21 Å². The molecule has 0 spiro atoms. The van der Waals surface area contributed by atoms with Crippen molar-refractivity contribution < 1.29 is 8.95 Å². The van der Waals surface area contributed by atoms with E-state index in [4.69, 9.17) is 4.74 Å². The van der Waals surface area contributed by atoms with Gasteiger partial charge in [0.2, 0.25) is 0 Å². The number of nitrogens with one attached hydrogen (secondary N) is 1. The Balaban J connectivity index is 2.47. The Morgan fingerprint density at radius 1 is 1.38 bits per heavy atom. The smallest absolute Gasteiger partial charge is 0.175 e. The lowest BCUT2D eigenvalue weighted by atomic mass is 10.1. The molecule has 6 heteroatoms. The summed E-state index contributed by atoms with van der Waals surface area (Å²) in [5, 5.41) is 7.69. The van der Waals surface area contributed by atoms with Crippen molar-refractivity contribution in [2.24, 2.45) is 0 Å². The highest BCUT2D eigenvalue weighted by atomic mass is 32.2. The Bertz CT molecular complexity index is 758. The van der Waals surface area contributed by atoms with Crippen molar-refractivity contribution in [2.75, 3.05) is 18.6 Å². The monoisotopic (exact) mass is 347 g/mol. The van der Waals surface area contributed by atoms with E-state index in [1.165, 1.54) is 0 Å². The van der Waals surface area contributed by atoms with Gasteiger partial charge in [-0.1, -0.05) is 13.5 Å². The first-order valence-corrected chi connectivity index (χ1v) is 9.62. The molecule has 1 aromatic carbocycles. The maximum absolute atomic E-state index is 11.6. The molecule has 0 aliphatic carbocycles. The van der Waals surface area contributed by atoms with Crippen LogP contribution in [0.4, 0.5) is 5.69 Å². The fraction of sp³-hybridized carbons (Fsp3) is 0.389. The third-order valence-electron chi connectivity index (χ3n) is 3.84. The van der Waals surface area contributed by atoms with Crippen LogP contribution in [-0.2, 0) is 23.1 Å². The Morgan fingerprint density at radius 2 is 2.00 bits per heavy atom. The van der Waals surface area contributed by atoms with Crippen LogP contribution in [0.25, 0.3) is 6.08 Å². The SMILES string of the molecule is C=Cc1nn(CS(C)=O)c(CC)c1Oc1cc(C)c(NC)c(C)c1. The van der Waals surface area contributed by atoms with E-state index in [0.717, 1.165) is 34.7 Å². The molecule has 0 saturated carbocycles. The minimum Gasteiger partial charge on any atom is -0.453 e. The van der Waals surface area contributed by atoms with Crippen LogP contribution in [0.5, 0.6) is 11.5 Å². The van der Waals surface area contributed by atoms with Crippen LogP contribution in [0.15, 0.2) is 18.7 Å². The molecule has 5 nitrogen and oxygen atoms in total. The maximum atomic E-state index is 11.6. The first kappa shape index (κ1) is 18.3. The van der Waals surface area contributed by atoms with E-state index < -0.39 is 10.8 Å². The summed E-state index contributed by atoms with van der Waals surface area (Å²) in [6.07, 6.45) is 4.07. The predicted molar refractivity (Wildman–Crippen MR) is 101 cm³/mol. The van der Waals surface area contributed by atoms with Crippen LogP contribution in [0, 0.1) is 13.8 Å². The number of nitrogens with zero attached hydrogens (tertiary/aromatic N) is 2. The van der Waals surface area contributed by atoms with Crippen LogP contribution in [0.3, 0.4) is 0 Å². The molecule has 1 N–H and O–H groups in total. The molecule has 0 aliphatic rings. The summed E-state index contributed by atoms with van der Waals surface area (Å²) in [4.78, 5) is 0. The van der Waals surface area contributed by atoms with Crippen molar-refractivity contribution in [3.8, 4) is 11.5 Å². The van der Waals surface area contributed by atoms with Gasteiger partial charge < -0.3 is 10.1 Å². The molecular formula is C18H25N3O2S. The normalized spacial score (nSPS) is 12.0. The first-order valence-electron chi connectivity index (χ1n) is 7.90. The molecule has 1 atom stereocenters. The molecule has 1 aromatic heterocycles. The van der Waals surface area contributed by atoms with Crippen LogP contribution < -0.4 is 10.1 Å². The van der Waals surface area contributed by atoms with Gasteiger partial charge >= 0.3 is 0 Å². The van der Waals surface area contributed by atoms with Crippen molar-refractivity contribution >= 4 is 22.6 Å². The second-order valence-corrected chi connectivity index (χ2v) is 7.11. The summed E-state index contributed by atoms with van der Waals surface area (Å²) >= 11 is 0. The molecule has 0 saturated heterocycles. The highest BCUT2D eigenvalue weighted by Gasteiger charge is 2.18. The van der Waals surface area contributed by atoms with Crippen LogP contribution in [0.1, 0.15) is 29.4 Å². The van der Waals surface area contributed by atoms with E-state index in [0.29, 0.717) is 17.3 Å². The summed E-state index contributed by atoms with van der Waals surface area (Å²) in [5.74, 6) is 1.80. The van der Waals surface area contributed by atoms with Gasteiger partial charge in [0, 0.05) is 29.8 Å². The average Bonchev–Trinajstić information content (AvgIpc) is 2.82. The lowest BCUT2D eigenvalue weighted by Crippen LogP contribution is -2.08. The summed E-state index contributed by atoms with van der Waals surface area (Å²) in [6.45, 7) is 9.95. The fourth-order valence-corrected chi connectivity index (χ4v) is 3.42. The van der Waals surface area contributed by atoms with Crippen molar-refractivity contribution in [2.45, 2.75) is 33.1 Å². The molecular weight excluding hydrogens is 322 g/mol. The van der Waals surface area contributed by atoms with Gasteiger partial charge in [-0.2, -0.15) is 5.10 Å². The van der Waals surface area contributed by atoms with E-state index in [-0.39, 0.29) is 0 Å². The average molecular weight is 347 g/mol. The number of hydrogen-bond acceptors (Lipinski definition) is 4. The molecule has 0 aliphatic heterocycles. The van der Waals surface area contributed by atoms with Gasteiger partial charge in [-0.3, -0.25) is 8.89 Å². The van der Waals surface area contributed by atoms with Crippen LogP contribution in [-0.4, -0.2) is 27.3 Å². The summed E-state index contributed by atoms with van der Waals surface area (Å²) in [6, 6.07) is 4.00. The standard InChI is InChI=1S/C18H25N3O2S/c1-7-15-18(16(8-2)21(20-15)11-24(6)22)23-14-9-12(3)17(19-5)13(4)10-14/h7,9-10,19H,1,8,11H2,2-6H3. The number of aromatic nitrogens is 2. The molecule has 0 fully saturated rings. The zero-order valence-corrected chi connectivity index (χ0v) is 15.8. The maximum Gasteiger partial charge on any atom is 0.175 e. The number of aryl methyl sites for hydroxylation is 2. The lowest BCUT2D eigenvalue weighted by Gasteiger charge is -2.13. The minimum absolute atomic E-state index is 0.351. The number of rotatable bonds is 7. The molecule has 24 heavy (non-hydrogen) atoms. The Hall–Kier alpha value is -2.08. The van der Waals surface area contributed by atoms with Crippen LogP contribution >= 0.6 is 0 Å². The quantitative estimate of drug-likeness (QED) is 0.826. The highest BCUT2D eigenvalue weighted by molar-refractivity contribution is 7.83. The van der Waals surface area contributed by atoms with E-state index in [1.54, 1.807) is 17.0 Å². The van der Waals surface area contributed by atoms with Crippen LogP contribution in [0.2, 0.25) is 0 Å². The number of benzene rings is 1. The van der Waals surface area contributed by atoms with Crippen molar-refractivity contribution in [3.63, 3.8) is 0 Å². The number of hydrogen-bond donors (Lipinski definition) is 1. The largest absolute Gasteiger partial charge is 0.453 e. The minimum atomic E-state index is -0.981. The van der Waals surface area contributed by atoms with Crippen molar-refractivity contribution in [1.82, 2.24) is 9.78 Å². The Labute approximate surface area is 146 Å². The third kappa shape index (κ3) is 3.70. The molecule has 130 valence electrons. The Kier molecular flexibility index (Phi) is 5.83. The van der Waals surface area contributed by atoms with E-state index in [1.807, 2.05) is 40.0 Å². The topological polar surface area (TPSA) is 56.2 Å². The molecule has 0 radical (unpaired) electrons. The van der Waals surface area contributed by atoms with Crippen molar-refractivity contribution in [1.29, 1.82) is 0 Å². The highest BCUT2D eigenvalue weighted by Crippen LogP contribution is 2.33. The lowest BCUT2D eigenvalue weighted by molar-refractivity contribution is 0.472. The Morgan fingerprint density at radius 3 is 2.46 bits per heavy atom. The van der Waals surface area contributed by atoms with Gasteiger partial charge in [0.15, 0.2) is 5.75 Å². The molecule has 0 bridgehead atoms. The molecule has 2 rings (SSSR count). The summed E-state index contributed by atoms with van der Waals surface area (Å²) in [7, 11) is 0.931. The van der Waals surface area contributed by atoms with Gasteiger partial charge in [-0.25, -0.2) is 0 Å². The van der Waals surface area contributed by atoms with E-state index in [2.05, 4.69) is 17.0 Å². The summed E-state index contributed by atoms with van der Waals surface area (Å²) < 4.78 is 19.5. The second-order valence-electron chi connectivity index (χ2n) is 5.70. The van der Waals surface area contributed by atoms with Gasteiger partial charge in [0.1, 0.15) is 17.3 Å². The zero-order chi connectivity index (χ0) is 17.9. The molecule has 2 aromatic rings. The van der Waals surface area contributed by atoms with Gasteiger partial charge in [0.05, 0.1) is 5.69 Å². The first-order chi connectivity index (χ1) is 11.4. The van der Waals surface area contributed by atoms with Gasteiger partial charge in [-0.15, -0.1) is 0 Å². The number of ether oxygens (including phenoxy) is 1. The molecule has 0 amide bonds. The molecule has 1 unspecified atom stereocenters. The van der Waals surface area contributed by atoms with Crippen molar-refractivity contribution in [3.05, 3.63) is 41.2 Å². The number of anilines is 1. The van der Waals surface area contributed by atoms with E-state index >= 15 is 0 Å². The third-order valence-corrected chi connectivity index (χ3v) is 4.45. The predicted octanol–water partition coefficient (Wildman–Crippen LogP) is 3.88.